The van der Waals surface area contributed by atoms with Gasteiger partial charge in [-0.25, -0.2) is 4.99 Å². The summed E-state index contributed by atoms with van der Waals surface area (Å²) in [5, 5.41) is 3.38. The van der Waals surface area contributed by atoms with Crippen LogP contribution in [0.3, 0.4) is 0 Å². The van der Waals surface area contributed by atoms with Crippen LogP contribution in [0, 0.1) is 0 Å². The summed E-state index contributed by atoms with van der Waals surface area (Å²) in [6, 6.07) is 21.8. The fourth-order valence-corrected chi connectivity index (χ4v) is 4.78. The van der Waals surface area contributed by atoms with Crippen LogP contribution in [0.15, 0.2) is 82.3 Å². The predicted octanol–water partition coefficient (Wildman–Crippen LogP) is 6.27. The highest BCUT2D eigenvalue weighted by Crippen LogP contribution is 2.31. The number of thioether (sulfide) groups is 1. The number of halogens is 2. The molecule has 3 aromatic carbocycles. The van der Waals surface area contributed by atoms with E-state index in [4.69, 9.17) is 21.3 Å². The van der Waals surface area contributed by atoms with Gasteiger partial charge in [-0.1, -0.05) is 51.4 Å². The second kappa shape index (κ2) is 11.1. The number of amides is 2. The van der Waals surface area contributed by atoms with Gasteiger partial charge in [0.2, 0.25) is 11.8 Å². The summed E-state index contributed by atoms with van der Waals surface area (Å²) < 4.78 is 6.13. The molecule has 0 radical (unpaired) electrons. The van der Waals surface area contributed by atoms with E-state index in [2.05, 4.69) is 21.2 Å². The largest absolute Gasteiger partial charge is 0.497 e. The fourth-order valence-electron chi connectivity index (χ4n) is 3.29. The van der Waals surface area contributed by atoms with Crippen molar-refractivity contribution in [3.8, 4) is 5.75 Å². The molecule has 1 fully saturated rings. The van der Waals surface area contributed by atoms with Gasteiger partial charge in [-0.3, -0.25) is 14.5 Å². The van der Waals surface area contributed by atoms with Gasteiger partial charge in [-0.05, 0) is 66.2 Å². The standard InChI is InChI=1S/C25H21BrClN3O3S/c1-33-21-12-10-20(11-13-21)29-25-30(15-16-2-6-18(27)7-3-16)23(31)14-22(34-25)24(32)28-19-8-4-17(26)5-9-19/h2-13,22H,14-15H2,1H3,(H,28,32). The molecule has 2 amide bonds. The molecule has 34 heavy (non-hydrogen) atoms. The van der Waals surface area contributed by atoms with Crippen molar-refractivity contribution in [2.24, 2.45) is 4.99 Å². The molecule has 9 heteroatoms. The minimum Gasteiger partial charge on any atom is -0.497 e. The molecule has 4 rings (SSSR count). The number of hydrogen-bond donors (Lipinski definition) is 1. The first kappa shape index (κ1) is 24.3. The number of aliphatic imine (C=N–C) groups is 1. The molecule has 0 spiro atoms. The number of carbonyl (C=O) groups excluding carboxylic acids is 2. The molecular weight excluding hydrogens is 538 g/mol. The Morgan fingerprint density at radius 2 is 1.79 bits per heavy atom. The van der Waals surface area contributed by atoms with E-state index in [0.717, 1.165) is 10.0 Å². The molecule has 174 valence electrons. The Bertz CT molecular complexity index is 1200. The molecule has 1 unspecified atom stereocenters. The summed E-state index contributed by atoms with van der Waals surface area (Å²) in [6.07, 6.45) is 0.0717. The lowest BCUT2D eigenvalue weighted by Gasteiger charge is -2.32. The Hall–Kier alpha value is -2.81. The number of nitrogens with one attached hydrogen (secondary N) is 1. The third-order valence-corrected chi connectivity index (χ3v) is 7.06. The lowest BCUT2D eigenvalue weighted by molar-refractivity contribution is -0.129. The molecule has 0 aromatic heterocycles. The van der Waals surface area contributed by atoms with Gasteiger partial charge in [-0.2, -0.15) is 0 Å². The van der Waals surface area contributed by atoms with Crippen LogP contribution in [0.5, 0.6) is 5.75 Å². The molecule has 1 aliphatic rings. The van der Waals surface area contributed by atoms with Crippen molar-refractivity contribution in [3.05, 3.63) is 87.9 Å². The van der Waals surface area contributed by atoms with Crippen LogP contribution >= 0.6 is 39.3 Å². The van der Waals surface area contributed by atoms with E-state index in [1.165, 1.54) is 11.8 Å². The van der Waals surface area contributed by atoms with E-state index < -0.39 is 5.25 Å². The average molecular weight is 559 g/mol. The van der Waals surface area contributed by atoms with Gasteiger partial charge < -0.3 is 10.1 Å². The highest BCUT2D eigenvalue weighted by atomic mass is 79.9. The fraction of sp³-hybridized carbons (Fsp3) is 0.160. The number of rotatable bonds is 6. The van der Waals surface area contributed by atoms with Crippen molar-refractivity contribution in [2.75, 3.05) is 12.4 Å². The van der Waals surface area contributed by atoms with Crippen molar-refractivity contribution < 1.29 is 14.3 Å². The summed E-state index contributed by atoms with van der Waals surface area (Å²) in [7, 11) is 1.60. The third kappa shape index (κ3) is 6.20. The van der Waals surface area contributed by atoms with Gasteiger partial charge in [-0.15, -0.1) is 0 Å². The van der Waals surface area contributed by atoms with Gasteiger partial charge in [0, 0.05) is 21.6 Å². The Labute approximate surface area is 215 Å². The Kier molecular flexibility index (Phi) is 7.92. The zero-order valence-electron chi connectivity index (χ0n) is 18.2. The van der Waals surface area contributed by atoms with Crippen LogP contribution in [-0.4, -0.2) is 34.2 Å². The molecule has 1 N–H and O–H groups in total. The van der Waals surface area contributed by atoms with E-state index in [-0.39, 0.29) is 18.2 Å². The van der Waals surface area contributed by atoms with Crippen LogP contribution in [0.1, 0.15) is 12.0 Å². The summed E-state index contributed by atoms with van der Waals surface area (Å²) >= 11 is 10.7. The molecule has 1 saturated heterocycles. The molecule has 6 nitrogen and oxygen atoms in total. The number of methoxy groups -OCH3 is 1. The first-order chi connectivity index (χ1) is 16.4. The van der Waals surface area contributed by atoms with E-state index in [9.17, 15) is 9.59 Å². The number of nitrogens with zero attached hydrogens (tertiary/aromatic N) is 2. The topological polar surface area (TPSA) is 71.0 Å². The number of hydrogen-bond acceptors (Lipinski definition) is 5. The van der Waals surface area contributed by atoms with Crippen LogP contribution in [0.2, 0.25) is 5.02 Å². The van der Waals surface area contributed by atoms with Gasteiger partial charge in [0.25, 0.3) is 0 Å². The van der Waals surface area contributed by atoms with Crippen molar-refractivity contribution in [1.29, 1.82) is 0 Å². The highest BCUT2D eigenvalue weighted by Gasteiger charge is 2.36. The molecule has 3 aromatic rings. The first-order valence-electron chi connectivity index (χ1n) is 10.4. The number of ether oxygens (including phenoxy) is 1. The van der Waals surface area contributed by atoms with Gasteiger partial charge in [0.05, 0.1) is 19.3 Å². The van der Waals surface area contributed by atoms with Crippen molar-refractivity contribution in [3.63, 3.8) is 0 Å². The molecule has 1 aliphatic heterocycles. The average Bonchev–Trinajstić information content (AvgIpc) is 2.84. The zero-order chi connectivity index (χ0) is 24.1. The van der Waals surface area contributed by atoms with Crippen molar-refractivity contribution in [1.82, 2.24) is 4.90 Å². The first-order valence-corrected chi connectivity index (χ1v) is 12.5. The van der Waals surface area contributed by atoms with Crippen molar-refractivity contribution >= 4 is 67.6 Å². The van der Waals surface area contributed by atoms with E-state index >= 15 is 0 Å². The molecule has 1 heterocycles. The minimum absolute atomic E-state index is 0.0717. The van der Waals surface area contributed by atoms with Crippen LogP contribution in [0.4, 0.5) is 11.4 Å². The van der Waals surface area contributed by atoms with Crippen LogP contribution in [0.25, 0.3) is 0 Å². The maximum atomic E-state index is 13.2. The maximum absolute atomic E-state index is 13.2. The summed E-state index contributed by atoms with van der Waals surface area (Å²) in [5.74, 6) is 0.298. The number of benzene rings is 3. The van der Waals surface area contributed by atoms with E-state index in [1.54, 1.807) is 48.4 Å². The number of anilines is 1. The SMILES string of the molecule is COc1ccc(N=C2SC(C(=O)Nc3ccc(Br)cc3)CC(=O)N2Cc2ccc(Cl)cc2)cc1. The normalized spacial score (nSPS) is 17.0. The quantitative estimate of drug-likeness (QED) is 0.387. The molecular formula is C25H21BrClN3O3S. The van der Waals surface area contributed by atoms with Gasteiger partial charge >= 0.3 is 0 Å². The monoisotopic (exact) mass is 557 g/mol. The summed E-state index contributed by atoms with van der Waals surface area (Å²) in [6.45, 7) is 0.332. The lowest BCUT2D eigenvalue weighted by Crippen LogP contribution is -2.44. The van der Waals surface area contributed by atoms with E-state index in [0.29, 0.717) is 33.9 Å². The third-order valence-electron chi connectivity index (χ3n) is 5.09. The van der Waals surface area contributed by atoms with E-state index in [1.807, 2.05) is 36.4 Å². The predicted molar refractivity (Wildman–Crippen MR) is 141 cm³/mol. The lowest BCUT2D eigenvalue weighted by atomic mass is 10.2. The van der Waals surface area contributed by atoms with Gasteiger partial charge in [0.15, 0.2) is 5.17 Å². The Morgan fingerprint density at radius 3 is 2.44 bits per heavy atom. The molecule has 0 aliphatic carbocycles. The molecule has 0 saturated carbocycles. The number of amidine groups is 1. The van der Waals surface area contributed by atoms with Crippen LogP contribution < -0.4 is 10.1 Å². The Balaban J connectivity index is 1.59. The molecule has 1 atom stereocenters. The summed E-state index contributed by atoms with van der Waals surface area (Å²) in [4.78, 5) is 32.5. The Morgan fingerprint density at radius 1 is 1.12 bits per heavy atom. The second-order valence-corrected chi connectivity index (χ2v) is 10.0. The maximum Gasteiger partial charge on any atom is 0.238 e. The molecule has 0 bridgehead atoms. The zero-order valence-corrected chi connectivity index (χ0v) is 21.4. The summed E-state index contributed by atoms with van der Waals surface area (Å²) in [5.41, 5.74) is 2.24. The van der Waals surface area contributed by atoms with Crippen LogP contribution in [-0.2, 0) is 16.1 Å². The van der Waals surface area contributed by atoms with Gasteiger partial charge in [0.1, 0.15) is 11.0 Å². The smallest absolute Gasteiger partial charge is 0.238 e. The second-order valence-electron chi connectivity index (χ2n) is 7.51. The highest BCUT2D eigenvalue weighted by molar-refractivity contribution is 9.10. The van der Waals surface area contributed by atoms with Crippen molar-refractivity contribution in [2.45, 2.75) is 18.2 Å². The minimum atomic E-state index is -0.602. The number of carbonyl (C=O) groups is 2.